The molecule has 0 aliphatic carbocycles. The van der Waals surface area contributed by atoms with Crippen molar-refractivity contribution in [1.82, 2.24) is 15.5 Å². The van der Waals surface area contributed by atoms with E-state index in [1.807, 2.05) is 7.05 Å². The number of aliphatic imine (C=N–C) groups is 1. The zero-order chi connectivity index (χ0) is 19.4. The summed E-state index contributed by atoms with van der Waals surface area (Å²) in [5.41, 5.74) is 0. The zero-order valence-corrected chi connectivity index (χ0v) is 20.4. The molecule has 3 aliphatic heterocycles. The Morgan fingerprint density at radius 3 is 2.45 bits per heavy atom. The molecule has 0 aromatic rings. The topological polar surface area (TPSA) is 67.4 Å². The first kappa shape index (κ1) is 25.1. The molecule has 1 unspecified atom stereocenters. The Bertz CT molecular complexity index is 449. The minimum absolute atomic E-state index is 0. The smallest absolute Gasteiger partial charge is 0.191 e. The molecule has 3 fully saturated rings. The first-order valence-electron chi connectivity index (χ1n) is 11.3. The molecular weight excluding hydrogens is 483 g/mol. The molecule has 0 amide bonds. The van der Waals surface area contributed by atoms with E-state index in [-0.39, 0.29) is 24.0 Å². The van der Waals surface area contributed by atoms with Crippen LogP contribution in [-0.2, 0) is 14.2 Å². The summed E-state index contributed by atoms with van der Waals surface area (Å²) in [5, 5.41) is 7.03. The normalized spacial score (nSPS) is 25.0. The van der Waals surface area contributed by atoms with E-state index in [0.29, 0.717) is 12.0 Å². The SMILES string of the molecule is CN=C(NCCCOCC1CCOCC1)NC1CCN(CC2CCOC2)CC1.I. The first-order valence-corrected chi connectivity index (χ1v) is 11.3. The van der Waals surface area contributed by atoms with Gasteiger partial charge < -0.3 is 29.7 Å². The first-order chi connectivity index (χ1) is 13.8. The molecule has 3 saturated heterocycles. The van der Waals surface area contributed by atoms with Crippen molar-refractivity contribution in [3.05, 3.63) is 0 Å². The Kier molecular flexibility index (Phi) is 12.8. The third-order valence-corrected chi connectivity index (χ3v) is 6.14. The van der Waals surface area contributed by atoms with Gasteiger partial charge in [0.05, 0.1) is 6.61 Å². The molecule has 29 heavy (non-hydrogen) atoms. The van der Waals surface area contributed by atoms with Crippen LogP contribution in [-0.4, -0.2) is 89.8 Å². The van der Waals surface area contributed by atoms with Gasteiger partial charge in [-0.05, 0) is 50.4 Å². The van der Waals surface area contributed by atoms with E-state index in [2.05, 4.69) is 20.5 Å². The van der Waals surface area contributed by atoms with Crippen LogP contribution in [0.1, 0.15) is 38.5 Å². The van der Waals surface area contributed by atoms with E-state index in [0.717, 1.165) is 77.3 Å². The maximum atomic E-state index is 5.83. The summed E-state index contributed by atoms with van der Waals surface area (Å²) >= 11 is 0. The Hall–Kier alpha value is -0.160. The van der Waals surface area contributed by atoms with Gasteiger partial charge in [-0.3, -0.25) is 4.99 Å². The number of guanidine groups is 1. The molecule has 8 heteroatoms. The van der Waals surface area contributed by atoms with E-state index in [9.17, 15) is 0 Å². The molecule has 3 rings (SSSR count). The van der Waals surface area contributed by atoms with Crippen LogP contribution in [0.3, 0.4) is 0 Å². The second-order valence-corrected chi connectivity index (χ2v) is 8.43. The average molecular weight is 524 g/mol. The monoisotopic (exact) mass is 524 g/mol. The number of nitrogens with zero attached hydrogens (tertiary/aromatic N) is 2. The summed E-state index contributed by atoms with van der Waals surface area (Å²) in [5.74, 6) is 2.35. The number of likely N-dealkylation sites (tertiary alicyclic amines) is 1. The van der Waals surface area contributed by atoms with Gasteiger partial charge in [-0.1, -0.05) is 0 Å². The molecule has 0 saturated carbocycles. The second-order valence-electron chi connectivity index (χ2n) is 8.43. The van der Waals surface area contributed by atoms with E-state index < -0.39 is 0 Å². The van der Waals surface area contributed by atoms with Crippen LogP contribution in [0, 0.1) is 11.8 Å². The average Bonchev–Trinajstić information content (AvgIpc) is 3.25. The van der Waals surface area contributed by atoms with Crippen molar-refractivity contribution in [1.29, 1.82) is 0 Å². The van der Waals surface area contributed by atoms with Crippen molar-refractivity contribution < 1.29 is 14.2 Å². The van der Waals surface area contributed by atoms with Crippen LogP contribution in [0.4, 0.5) is 0 Å². The molecule has 0 bridgehead atoms. The lowest BCUT2D eigenvalue weighted by Crippen LogP contribution is -2.49. The van der Waals surface area contributed by atoms with Gasteiger partial charge in [0.2, 0.25) is 0 Å². The minimum atomic E-state index is 0. The molecule has 3 heterocycles. The molecule has 0 spiro atoms. The third kappa shape index (κ3) is 9.67. The number of ether oxygens (including phenoxy) is 3. The molecule has 0 aromatic heterocycles. The van der Waals surface area contributed by atoms with E-state index >= 15 is 0 Å². The molecule has 1 atom stereocenters. The molecule has 0 radical (unpaired) electrons. The highest BCUT2D eigenvalue weighted by atomic mass is 127. The van der Waals surface area contributed by atoms with Crippen LogP contribution in [0.25, 0.3) is 0 Å². The fraction of sp³-hybridized carbons (Fsp3) is 0.952. The van der Waals surface area contributed by atoms with Crippen LogP contribution in [0.15, 0.2) is 4.99 Å². The van der Waals surface area contributed by atoms with Gasteiger partial charge in [0.1, 0.15) is 0 Å². The summed E-state index contributed by atoms with van der Waals surface area (Å²) in [7, 11) is 1.85. The number of halogens is 1. The number of piperidine rings is 1. The fourth-order valence-corrected chi connectivity index (χ4v) is 4.28. The Morgan fingerprint density at radius 2 is 1.76 bits per heavy atom. The lowest BCUT2D eigenvalue weighted by Gasteiger charge is -2.34. The van der Waals surface area contributed by atoms with Crippen LogP contribution in [0.2, 0.25) is 0 Å². The lowest BCUT2D eigenvalue weighted by molar-refractivity contribution is 0.0203. The van der Waals surface area contributed by atoms with Crippen LogP contribution in [0.5, 0.6) is 0 Å². The van der Waals surface area contributed by atoms with Gasteiger partial charge in [-0.25, -0.2) is 0 Å². The van der Waals surface area contributed by atoms with Crippen molar-refractivity contribution in [2.45, 2.75) is 44.6 Å². The van der Waals surface area contributed by atoms with Crippen molar-refractivity contribution in [3.63, 3.8) is 0 Å². The van der Waals surface area contributed by atoms with Crippen molar-refractivity contribution in [2.75, 3.05) is 72.9 Å². The fourth-order valence-electron chi connectivity index (χ4n) is 4.28. The highest BCUT2D eigenvalue weighted by Gasteiger charge is 2.24. The van der Waals surface area contributed by atoms with E-state index in [4.69, 9.17) is 14.2 Å². The third-order valence-electron chi connectivity index (χ3n) is 6.14. The number of rotatable bonds is 9. The highest BCUT2D eigenvalue weighted by molar-refractivity contribution is 14.0. The summed E-state index contributed by atoms with van der Waals surface area (Å²) in [6.07, 6.45) is 6.88. The standard InChI is InChI=1S/C21H40N4O3.HI/c1-22-21(23-8-2-11-27-16-18-5-12-26-13-6-18)24-20-3-9-25(10-4-20)15-19-7-14-28-17-19;/h18-20H,2-17H2,1H3,(H2,22,23,24);1H. The number of nitrogens with one attached hydrogen (secondary N) is 2. The van der Waals surface area contributed by atoms with Crippen molar-refractivity contribution in [3.8, 4) is 0 Å². The highest BCUT2D eigenvalue weighted by Crippen LogP contribution is 2.18. The summed E-state index contributed by atoms with van der Waals surface area (Å²) in [6.45, 7) is 9.82. The van der Waals surface area contributed by atoms with Gasteiger partial charge in [-0.2, -0.15) is 0 Å². The predicted molar refractivity (Wildman–Crippen MR) is 127 cm³/mol. The summed E-state index contributed by atoms with van der Waals surface area (Å²) < 4.78 is 16.7. The summed E-state index contributed by atoms with van der Waals surface area (Å²) in [6, 6.07) is 0.520. The zero-order valence-electron chi connectivity index (χ0n) is 18.1. The number of hydrogen-bond acceptors (Lipinski definition) is 5. The molecular formula is C21H41IN4O3. The Morgan fingerprint density at radius 1 is 1.03 bits per heavy atom. The van der Waals surface area contributed by atoms with Gasteiger partial charge >= 0.3 is 0 Å². The van der Waals surface area contributed by atoms with Crippen LogP contribution < -0.4 is 10.6 Å². The number of hydrogen-bond donors (Lipinski definition) is 2. The van der Waals surface area contributed by atoms with E-state index in [1.165, 1.54) is 38.9 Å². The minimum Gasteiger partial charge on any atom is -0.381 e. The van der Waals surface area contributed by atoms with Gasteiger partial charge in [-0.15, -0.1) is 24.0 Å². The Labute approximate surface area is 193 Å². The lowest BCUT2D eigenvalue weighted by atomic mass is 10.0. The predicted octanol–water partition coefficient (Wildman–Crippen LogP) is 2.10. The quantitative estimate of drug-likeness (QED) is 0.209. The van der Waals surface area contributed by atoms with E-state index in [1.54, 1.807) is 0 Å². The molecule has 170 valence electrons. The second kappa shape index (κ2) is 14.8. The van der Waals surface area contributed by atoms with Gasteiger partial charge in [0, 0.05) is 72.3 Å². The van der Waals surface area contributed by atoms with Gasteiger partial charge in [0.15, 0.2) is 5.96 Å². The largest absolute Gasteiger partial charge is 0.381 e. The van der Waals surface area contributed by atoms with Crippen LogP contribution >= 0.6 is 24.0 Å². The molecule has 2 N–H and O–H groups in total. The molecule has 7 nitrogen and oxygen atoms in total. The van der Waals surface area contributed by atoms with Gasteiger partial charge in [0.25, 0.3) is 0 Å². The molecule has 0 aromatic carbocycles. The maximum absolute atomic E-state index is 5.83. The maximum Gasteiger partial charge on any atom is 0.191 e. The summed E-state index contributed by atoms with van der Waals surface area (Å²) in [4.78, 5) is 6.99. The molecule has 3 aliphatic rings. The van der Waals surface area contributed by atoms with Crippen molar-refractivity contribution >= 4 is 29.9 Å². The Balaban J connectivity index is 0.00000300. The van der Waals surface area contributed by atoms with Crippen molar-refractivity contribution in [2.24, 2.45) is 16.8 Å².